The highest BCUT2D eigenvalue weighted by Gasteiger charge is 2.24. The molecule has 0 saturated carbocycles. The fourth-order valence-corrected chi connectivity index (χ4v) is 9.61. The lowest BCUT2D eigenvalue weighted by Gasteiger charge is -2.26. The van der Waals surface area contributed by atoms with Gasteiger partial charge in [-0.25, -0.2) is 0 Å². The monoisotopic (exact) mass is 781 g/mol. The highest BCUT2D eigenvalue weighted by molar-refractivity contribution is 6.26. The molecule has 0 bridgehead atoms. The van der Waals surface area contributed by atoms with Gasteiger partial charge in [-0.1, -0.05) is 103 Å². The Morgan fingerprint density at radius 1 is 0.295 bits per heavy atom. The van der Waals surface area contributed by atoms with Crippen LogP contribution in [0.15, 0.2) is 221 Å². The van der Waals surface area contributed by atoms with Gasteiger partial charge in [-0.2, -0.15) is 0 Å². The second kappa shape index (κ2) is 13.1. The minimum Gasteiger partial charge on any atom is -0.456 e. The van der Waals surface area contributed by atoms with Crippen LogP contribution < -0.4 is 9.80 Å². The van der Waals surface area contributed by atoms with Crippen LogP contribution in [0.4, 0.5) is 34.1 Å². The Labute approximate surface area is 350 Å². The Kier molecular flexibility index (Phi) is 7.24. The van der Waals surface area contributed by atoms with E-state index in [1.54, 1.807) is 0 Å². The number of aromatic nitrogens is 1. The van der Waals surface area contributed by atoms with Gasteiger partial charge in [-0.05, 0) is 108 Å². The van der Waals surface area contributed by atoms with Crippen LogP contribution in [-0.4, -0.2) is 4.57 Å². The lowest BCUT2D eigenvalue weighted by atomic mass is 10.00. The van der Waals surface area contributed by atoms with Crippen LogP contribution in [0.2, 0.25) is 0 Å². The standard InChI is InChI=1S/C56H35N3O2/c1-4-14-38(15-5-1)57(41-26-28-47-45-20-10-12-22-51(45)60-53(47)34-41)43-30-36-24-25-37-31-44(33-50-56(37)55(36)49(32-43)59(50)40-18-8-3-9-19-40)58(39-16-6-2-7-17-39)42-27-29-48-46-21-11-13-23-52(46)61-54(48)35-42/h1-35H. The van der Waals surface area contributed by atoms with E-state index in [0.29, 0.717) is 0 Å². The molecule has 13 aromatic rings. The van der Waals surface area contributed by atoms with E-state index in [0.717, 1.165) is 94.7 Å². The number of fused-ring (bicyclic) bond motifs is 6. The van der Waals surface area contributed by atoms with Gasteiger partial charge in [0.1, 0.15) is 22.3 Å². The third-order valence-electron chi connectivity index (χ3n) is 12.2. The predicted molar refractivity (Wildman–Crippen MR) is 253 cm³/mol. The van der Waals surface area contributed by atoms with Crippen molar-refractivity contribution >= 4 is 111 Å². The van der Waals surface area contributed by atoms with E-state index < -0.39 is 0 Å². The molecular weight excluding hydrogens is 747 g/mol. The molecule has 0 amide bonds. The van der Waals surface area contributed by atoms with Crippen molar-refractivity contribution in [2.45, 2.75) is 0 Å². The number of nitrogens with zero attached hydrogens (tertiary/aromatic N) is 3. The summed E-state index contributed by atoms with van der Waals surface area (Å²) in [5.74, 6) is 0. The van der Waals surface area contributed by atoms with Crippen LogP contribution in [0.25, 0.3) is 82.1 Å². The Morgan fingerprint density at radius 3 is 1.18 bits per heavy atom. The molecule has 0 aliphatic heterocycles. The van der Waals surface area contributed by atoms with Crippen molar-refractivity contribution in [1.82, 2.24) is 4.57 Å². The largest absolute Gasteiger partial charge is 0.456 e. The highest BCUT2D eigenvalue weighted by Crippen LogP contribution is 2.47. The quantitative estimate of drug-likeness (QED) is 0.151. The summed E-state index contributed by atoms with van der Waals surface area (Å²) in [6.07, 6.45) is 0. The first-order valence-electron chi connectivity index (χ1n) is 20.7. The molecule has 0 atom stereocenters. The number of rotatable bonds is 7. The predicted octanol–water partition coefficient (Wildman–Crippen LogP) is 16.1. The summed E-state index contributed by atoms with van der Waals surface area (Å²) < 4.78 is 15.3. The number of para-hydroxylation sites is 5. The molecule has 5 heteroatoms. The number of hydrogen-bond acceptors (Lipinski definition) is 4. The average Bonchev–Trinajstić information content (AvgIpc) is 3.99. The molecule has 13 rings (SSSR count). The fourth-order valence-electron chi connectivity index (χ4n) is 9.61. The SMILES string of the molecule is c1ccc(N(c2ccc3c(c2)oc2ccccc23)c2cc3ccc4cc(N(c5ccccc5)c5ccc6c(c5)oc5ccccc56)cc5c4c3c(c2)n5-c2ccccc2)cc1. The summed E-state index contributed by atoms with van der Waals surface area (Å²) in [6.45, 7) is 0. The zero-order chi connectivity index (χ0) is 40.0. The van der Waals surface area contributed by atoms with Crippen LogP contribution in [0.3, 0.4) is 0 Å². The van der Waals surface area contributed by atoms with E-state index in [4.69, 9.17) is 8.83 Å². The van der Waals surface area contributed by atoms with Gasteiger partial charge in [0, 0.05) is 84.3 Å². The third kappa shape index (κ3) is 5.21. The molecule has 10 aromatic carbocycles. The van der Waals surface area contributed by atoms with Gasteiger partial charge in [0.25, 0.3) is 0 Å². The summed E-state index contributed by atoms with van der Waals surface area (Å²) in [6, 6.07) is 75.6. The Bertz CT molecular complexity index is 3540. The van der Waals surface area contributed by atoms with Crippen molar-refractivity contribution in [1.29, 1.82) is 0 Å². The molecule has 0 radical (unpaired) electrons. The van der Waals surface area contributed by atoms with Gasteiger partial charge in [-0.15, -0.1) is 0 Å². The lowest BCUT2D eigenvalue weighted by molar-refractivity contribution is 0.668. The van der Waals surface area contributed by atoms with E-state index in [1.165, 1.54) is 21.5 Å². The van der Waals surface area contributed by atoms with Crippen molar-refractivity contribution in [3.05, 3.63) is 212 Å². The number of benzene rings is 10. The van der Waals surface area contributed by atoms with E-state index >= 15 is 0 Å². The first kappa shape index (κ1) is 33.7. The van der Waals surface area contributed by atoms with Crippen molar-refractivity contribution in [2.75, 3.05) is 9.80 Å². The average molecular weight is 782 g/mol. The second-order valence-corrected chi connectivity index (χ2v) is 15.8. The molecule has 3 aromatic heterocycles. The smallest absolute Gasteiger partial charge is 0.137 e. The molecule has 0 fully saturated rings. The summed E-state index contributed by atoms with van der Waals surface area (Å²) in [5.41, 5.74) is 13.2. The maximum absolute atomic E-state index is 6.43. The van der Waals surface area contributed by atoms with Crippen LogP contribution in [0.1, 0.15) is 0 Å². The zero-order valence-electron chi connectivity index (χ0n) is 32.9. The third-order valence-corrected chi connectivity index (χ3v) is 12.2. The molecule has 0 saturated heterocycles. The first-order chi connectivity index (χ1) is 30.2. The first-order valence-corrected chi connectivity index (χ1v) is 20.7. The van der Waals surface area contributed by atoms with Gasteiger partial charge >= 0.3 is 0 Å². The van der Waals surface area contributed by atoms with Crippen molar-refractivity contribution in [3.8, 4) is 5.69 Å². The minimum absolute atomic E-state index is 0.861. The normalized spacial score (nSPS) is 11.9. The Morgan fingerprint density at radius 2 is 0.705 bits per heavy atom. The van der Waals surface area contributed by atoms with Gasteiger partial charge in [-0.3, -0.25) is 0 Å². The van der Waals surface area contributed by atoms with Gasteiger partial charge in [0.2, 0.25) is 0 Å². The van der Waals surface area contributed by atoms with Crippen LogP contribution in [0, 0.1) is 0 Å². The Hall–Kier alpha value is -8.28. The molecule has 61 heavy (non-hydrogen) atoms. The van der Waals surface area contributed by atoms with E-state index in [1.807, 2.05) is 24.3 Å². The van der Waals surface area contributed by atoms with Crippen molar-refractivity contribution in [3.63, 3.8) is 0 Å². The summed E-state index contributed by atoms with van der Waals surface area (Å²) in [5, 5.41) is 9.28. The number of furan rings is 2. The van der Waals surface area contributed by atoms with E-state index in [2.05, 4.69) is 202 Å². The lowest BCUT2D eigenvalue weighted by Crippen LogP contribution is -2.10. The fraction of sp³-hybridized carbons (Fsp3) is 0. The zero-order valence-corrected chi connectivity index (χ0v) is 32.9. The molecule has 5 nitrogen and oxygen atoms in total. The number of anilines is 6. The Balaban J connectivity index is 1.06. The summed E-state index contributed by atoms with van der Waals surface area (Å²) in [7, 11) is 0. The van der Waals surface area contributed by atoms with E-state index in [-0.39, 0.29) is 0 Å². The molecule has 286 valence electrons. The maximum Gasteiger partial charge on any atom is 0.137 e. The maximum atomic E-state index is 6.43. The second-order valence-electron chi connectivity index (χ2n) is 15.8. The van der Waals surface area contributed by atoms with Crippen molar-refractivity contribution in [2.24, 2.45) is 0 Å². The van der Waals surface area contributed by atoms with Crippen LogP contribution >= 0.6 is 0 Å². The topological polar surface area (TPSA) is 37.7 Å². The molecule has 0 aliphatic carbocycles. The molecule has 3 heterocycles. The van der Waals surface area contributed by atoms with Gasteiger partial charge in [0.15, 0.2) is 0 Å². The van der Waals surface area contributed by atoms with Crippen LogP contribution in [0.5, 0.6) is 0 Å². The summed E-state index contributed by atoms with van der Waals surface area (Å²) >= 11 is 0. The molecule has 0 N–H and O–H groups in total. The van der Waals surface area contributed by atoms with Gasteiger partial charge in [0.05, 0.1) is 11.0 Å². The van der Waals surface area contributed by atoms with Crippen molar-refractivity contribution < 1.29 is 8.83 Å². The van der Waals surface area contributed by atoms with E-state index in [9.17, 15) is 0 Å². The number of hydrogen-bond donors (Lipinski definition) is 0. The molecule has 0 spiro atoms. The minimum atomic E-state index is 0.861. The highest BCUT2D eigenvalue weighted by atomic mass is 16.3. The summed E-state index contributed by atoms with van der Waals surface area (Å²) in [4.78, 5) is 4.69. The van der Waals surface area contributed by atoms with Crippen LogP contribution in [-0.2, 0) is 0 Å². The molecule has 0 unspecified atom stereocenters. The molecular formula is C56H35N3O2. The molecule has 0 aliphatic rings. The van der Waals surface area contributed by atoms with Gasteiger partial charge < -0.3 is 23.2 Å².